The van der Waals surface area contributed by atoms with Gasteiger partial charge in [0.25, 0.3) is 0 Å². The Balaban J connectivity index is 2.04. The number of amides is 5. The maximum Gasteiger partial charge on any atom is 0.303 e. The minimum absolute atomic E-state index is 0.0404. The number of carboxylic acid groups (broad SMARTS) is 1. The van der Waals surface area contributed by atoms with E-state index in [0.29, 0.717) is 0 Å². The van der Waals surface area contributed by atoms with Crippen molar-refractivity contribution >= 4 is 46.4 Å². The van der Waals surface area contributed by atoms with Crippen LogP contribution in [-0.4, -0.2) is 75.8 Å². The lowest BCUT2D eigenvalue weighted by Gasteiger charge is -2.28. The molecular formula is C29H40N6O7. The summed E-state index contributed by atoms with van der Waals surface area (Å²) < 4.78 is 0. The summed E-state index contributed by atoms with van der Waals surface area (Å²) in [5.41, 5.74) is 1.55. The van der Waals surface area contributed by atoms with Crippen molar-refractivity contribution in [3.8, 4) is 0 Å². The zero-order chi connectivity index (χ0) is 31.1. The Morgan fingerprint density at radius 1 is 0.762 bits per heavy atom. The molecule has 7 N–H and O–H groups in total. The summed E-state index contributed by atoms with van der Waals surface area (Å²) in [5, 5.41) is 23.2. The fourth-order valence-corrected chi connectivity index (χ4v) is 4.77. The highest BCUT2D eigenvalue weighted by Gasteiger charge is 2.35. The molecule has 0 aliphatic carbocycles. The normalized spacial score (nSPS) is 24.7. The van der Waals surface area contributed by atoms with Crippen molar-refractivity contribution in [1.82, 2.24) is 31.6 Å². The van der Waals surface area contributed by atoms with Gasteiger partial charge in [-0.2, -0.15) is 0 Å². The Hall–Kier alpha value is -4.42. The van der Waals surface area contributed by atoms with E-state index in [4.69, 9.17) is 0 Å². The Labute approximate surface area is 243 Å². The minimum atomic E-state index is -1.31. The Bertz CT molecular complexity index is 1340. The third-order valence-electron chi connectivity index (χ3n) is 7.26. The number of benzene rings is 1. The number of para-hydroxylation sites is 1. The van der Waals surface area contributed by atoms with Crippen molar-refractivity contribution < 1.29 is 33.9 Å². The van der Waals surface area contributed by atoms with E-state index in [1.807, 2.05) is 24.3 Å². The van der Waals surface area contributed by atoms with Crippen molar-refractivity contribution in [3.05, 3.63) is 36.0 Å². The molecule has 1 aromatic carbocycles. The second kappa shape index (κ2) is 14.0. The molecular weight excluding hydrogens is 544 g/mol. The average molecular weight is 585 g/mol. The highest BCUT2D eigenvalue weighted by molar-refractivity contribution is 5.98. The lowest BCUT2D eigenvalue weighted by molar-refractivity contribution is -0.138. The van der Waals surface area contributed by atoms with E-state index in [9.17, 15) is 33.9 Å². The van der Waals surface area contributed by atoms with Crippen LogP contribution in [0.3, 0.4) is 0 Å². The van der Waals surface area contributed by atoms with Crippen molar-refractivity contribution in [2.75, 3.05) is 0 Å². The van der Waals surface area contributed by atoms with Crippen LogP contribution in [-0.2, 0) is 35.2 Å². The first-order valence-corrected chi connectivity index (χ1v) is 14.1. The molecule has 1 fully saturated rings. The second-order valence-electron chi connectivity index (χ2n) is 11.3. The van der Waals surface area contributed by atoms with Crippen LogP contribution in [0, 0.1) is 11.8 Å². The van der Waals surface area contributed by atoms with E-state index in [1.165, 1.54) is 6.92 Å². The van der Waals surface area contributed by atoms with Crippen molar-refractivity contribution in [2.45, 2.75) is 84.1 Å². The van der Waals surface area contributed by atoms with Gasteiger partial charge in [0.2, 0.25) is 29.5 Å². The summed E-state index contributed by atoms with van der Waals surface area (Å²) in [5.74, 6) is -5.27. The van der Waals surface area contributed by atoms with E-state index in [1.54, 1.807) is 33.9 Å². The number of carboxylic acids is 1. The predicted molar refractivity (Wildman–Crippen MR) is 154 cm³/mol. The number of aliphatic carboxylic acids is 1. The molecule has 1 aliphatic heterocycles. The Kier molecular flexibility index (Phi) is 10.7. The number of aromatic nitrogens is 1. The first kappa shape index (κ1) is 32.1. The molecule has 0 unspecified atom stereocenters. The number of fused-ring (bicyclic) bond motifs is 1. The van der Waals surface area contributed by atoms with E-state index in [-0.39, 0.29) is 24.7 Å². The van der Waals surface area contributed by atoms with Crippen LogP contribution in [0.4, 0.5) is 0 Å². The molecule has 0 bridgehead atoms. The summed E-state index contributed by atoms with van der Waals surface area (Å²) in [6.07, 6.45) is 1.08. The Morgan fingerprint density at radius 3 is 1.93 bits per heavy atom. The molecule has 5 amide bonds. The maximum absolute atomic E-state index is 13.7. The average Bonchev–Trinajstić information content (AvgIpc) is 3.33. The van der Waals surface area contributed by atoms with Crippen LogP contribution >= 0.6 is 0 Å². The number of rotatable bonds is 7. The first-order valence-electron chi connectivity index (χ1n) is 14.1. The molecule has 42 heavy (non-hydrogen) atoms. The fourth-order valence-electron chi connectivity index (χ4n) is 4.77. The Morgan fingerprint density at radius 2 is 1.31 bits per heavy atom. The summed E-state index contributed by atoms with van der Waals surface area (Å²) in [6, 6.07) is 1.78. The molecule has 13 heteroatoms. The van der Waals surface area contributed by atoms with Gasteiger partial charge in [-0.3, -0.25) is 28.8 Å². The maximum atomic E-state index is 13.7. The third-order valence-corrected chi connectivity index (χ3v) is 7.26. The molecule has 1 aliphatic rings. The highest BCUT2D eigenvalue weighted by atomic mass is 16.4. The van der Waals surface area contributed by atoms with Crippen molar-refractivity contribution in [2.24, 2.45) is 11.8 Å². The van der Waals surface area contributed by atoms with Gasteiger partial charge in [-0.05, 0) is 36.8 Å². The van der Waals surface area contributed by atoms with Crippen LogP contribution in [0.25, 0.3) is 10.9 Å². The number of hydrogen-bond acceptors (Lipinski definition) is 6. The van der Waals surface area contributed by atoms with Gasteiger partial charge in [0, 0.05) is 29.9 Å². The molecule has 228 valence electrons. The fraction of sp³-hybridized carbons (Fsp3) is 0.517. The largest absolute Gasteiger partial charge is 0.481 e. The molecule has 13 nitrogen and oxygen atoms in total. The summed E-state index contributed by atoms with van der Waals surface area (Å²) in [6.45, 7) is 8.35. The zero-order valence-corrected chi connectivity index (χ0v) is 24.4. The quantitative estimate of drug-likeness (QED) is 0.243. The molecule has 1 aromatic heterocycles. The predicted octanol–water partition coefficient (Wildman–Crippen LogP) is 0.345. The van der Waals surface area contributed by atoms with E-state index in [2.05, 4.69) is 31.6 Å². The monoisotopic (exact) mass is 584 g/mol. The second-order valence-corrected chi connectivity index (χ2v) is 11.3. The molecule has 1 saturated heterocycles. The van der Waals surface area contributed by atoms with E-state index >= 15 is 0 Å². The molecule has 5 atom stereocenters. The van der Waals surface area contributed by atoms with Crippen molar-refractivity contribution in [1.29, 1.82) is 0 Å². The van der Waals surface area contributed by atoms with Gasteiger partial charge in [-0.25, -0.2) is 0 Å². The topological polar surface area (TPSA) is 199 Å². The molecule has 0 spiro atoms. The van der Waals surface area contributed by atoms with E-state index in [0.717, 1.165) is 16.5 Å². The molecule has 0 radical (unpaired) electrons. The van der Waals surface area contributed by atoms with Gasteiger partial charge in [-0.1, -0.05) is 45.9 Å². The van der Waals surface area contributed by atoms with Gasteiger partial charge in [0.05, 0.1) is 0 Å². The highest BCUT2D eigenvalue weighted by Crippen LogP contribution is 2.20. The number of aromatic amines is 1. The SMILES string of the molecule is CC(C)[C@@H]1NC(=O)[C@H](C)NC(=O)[C@@H](CCC(=O)O)NC(=O)[C@H](Cc2c[nH]c3ccccc23)NC(=O)[C@@H](C(C)C)NC1=O. The molecule has 2 heterocycles. The number of carbonyl (C=O) groups is 6. The minimum Gasteiger partial charge on any atom is -0.481 e. The van der Waals surface area contributed by atoms with Crippen molar-refractivity contribution in [3.63, 3.8) is 0 Å². The van der Waals surface area contributed by atoms with Crippen LogP contribution in [0.15, 0.2) is 30.5 Å². The standard InChI is InChI=1S/C29H40N6O7/c1-14(2)23-28(41)33-21(12-17-13-30-19-9-7-6-8-18(17)19)27(40)32-20(10-11-22(36)37)26(39)31-16(5)25(38)34-24(15(3)4)29(42)35-23/h6-9,13-16,20-21,23-24,30H,10-12H2,1-5H3,(H,31,39)(H,32,40)(H,33,41)(H,34,38)(H,35,42)(H,36,37)/t16-,20+,21-,23+,24-/m0/s1. The van der Waals surface area contributed by atoms with Gasteiger partial charge in [0.15, 0.2) is 0 Å². The van der Waals surface area contributed by atoms with Crippen LogP contribution in [0.1, 0.15) is 53.0 Å². The van der Waals surface area contributed by atoms with Crippen LogP contribution in [0.5, 0.6) is 0 Å². The summed E-state index contributed by atoms with van der Waals surface area (Å²) in [7, 11) is 0. The van der Waals surface area contributed by atoms with Gasteiger partial charge in [0.1, 0.15) is 30.2 Å². The molecule has 3 rings (SSSR count). The van der Waals surface area contributed by atoms with E-state index < -0.39 is 72.1 Å². The summed E-state index contributed by atoms with van der Waals surface area (Å²) in [4.78, 5) is 81.1. The van der Waals surface area contributed by atoms with Crippen LogP contribution in [0.2, 0.25) is 0 Å². The zero-order valence-electron chi connectivity index (χ0n) is 24.4. The van der Waals surface area contributed by atoms with Crippen LogP contribution < -0.4 is 26.6 Å². The number of nitrogens with one attached hydrogen (secondary N) is 6. The third kappa shape index (κ3) is 8.08. The van der Waals surface area contributed by atoms with Gasteiger partial charge >= 0.3 is 5.97 Å². The first-order chi connectivity index (χ1) is 19.8. The van der Waals surface area contributed by atoms with Gasteiger partial charge < -0.3 is 36.7 Å². The number of H-pyrrole nitrogens is 1. The smallest absolute Gasteiger partial charge is 0.303 e. The number of carbonyl (C=O) groups excluding carboxylic acids is 5. The number of hydrogen-bond donors (Lipinski definition) is 7. The lowest BCUT2D eigenvalue weighted by atomic mass is 9.98. The molecule has 2 aromatic rings. The summed E-state index contributed by atoms with van der Waals surface area (Å²) >= 11 is 0. The lowest BCUT2D eigenvalue weighted by Crippen LogP contribution is -2.60. The molecule has 0 saturated carbocycles. The van der Waals surface area contributed by atoms with Gasteiger partial charge in [-0.15, -0.1) is 0 Å².